The van der Waals surface area contributed by atoms with E-state index in [1.54, 1.807) is 69.6 Å². The maximum Gasteiger partial charge on any atom is 0.408 e. The van der Waals surface area contributed by atoms with Crippen LogP contribution in [-0.2, 0) is 0 Å². The predicted molar refractivity (Wildman–Crippen MR) is 155 cm³/mol. The Bertz CT molecular complexity index is 1690. The van der Waals surface area contributed by atoms with Gasteiger partial charge < -0.3 is 15.3 Å². The number of carboxylic acid groups (broad SMARTS) is 1. The van der Waals surface area contributed by atoms with Crippen molar-refractivity contribution in [2.45, 2.75) is 57.8 Å². The van der Waals surface area contributed by atoms with Crippen LogP contribution in [0.15, 0.2) is 55.0 Å². The summed E-state index contributed by atoms with van der Waals surface area (Å²) in [6.07, 6.45) is -0.374. The summed E-state index contributed by atoms with van der Waals surface area (Å²) in [6.45, 7) is 6.17. The average molecular weight is 614 g/mol. The summed E-state index contributed by atoms with van der Waals surface area (Å²) in [5.74, 6) is -0.801. The molecule has 5 rings (SSSR count). The summed E-state index contributed by atoms with van der Waals surface area (Å²) >= 11 is 0. The van der Waals surface area contributed by atoms with E-state index < -0.39 is 42.3 Å². The zero-order valence-corrected chi connectivity index (χ0v) is 24.7. The van der Waals surface area contributed by atoms with E-state index in [1.165, 1.54) is 15.7 Å². The van der Waals surface area contributed by atoms with Gasteiger partial charge in [0, 0.05) is 42.6 Å². The Labute approximate surface area is 251 Å². The highest BCUT2D eigenvalue weighted by Crippen LogP contribution is 2.37. The van der Waals surface area contributed by atoms with E-state index in [4.69, 9.17) is 0 Å². The number of hydrogen-bond acceptors (Lipinski definition) is 5. The van der Waals surface area contributed by atoms with Crippen molar-refractivity contribution in [2.24, 2.45) is 5.92 Å². The molecule has 0 radical (unpaired) electrons. The summed E-state index contributed by atoms with van der Waals surface area (Å²) in [6, 6.07) is 8.42. The van der Waals surface area contributed by atoms with Gasteiger partial charge in [-0.05, 0) is 38.3 Å². The SMILES string of the molecule is CC[C@@H]1CN(C(=O)NCC(F)(F)F)C[C@@H]1c1cnc2cnc3c(ccn3C(=O)[C@H](c3ccccc3)N(C(=O)O)C(C)(C)C)n12. The first-order chi connectivity index (χ1) is 20.7. The topological polar surface area (TPSA) is 125 Å². The lowest BCUT2D eigenvalue weighted by Gasteiger charge is -2.39. The minimum Gasteiger partial charge on any atom is -0.465 e. The monoisotopic (exact) mass is 613 g/mol. The largest absolute Gasteiger partial charge is 0.465 e. The Morgan fingerprint density at radius 2 is 1.77 bits per heavy atom. The summed E-state index contributed by atoms with van der Waals surface area (Å²) in [4.78, 5) is 50.8. The number of carbonyl (C=O) groups excluding carboxylic acids is 2. The fourth-order valence-electron chi connectivity index (χ4n) is 6.04. The lowest BCUT2D eigenvalue weighted by atomic mass is 9.91. The fourth-order valence-corrected chi connectivity index (χ4v) is 6.04. The number of fused-ring (bicyclic) bond motifs is 3. The van der Waals surface area contributed by atoms with Crippen molar-refractivity contribution >= 4 is 34.8 Å². The number of benzene rings is 1. The molecule has 1 saturated heterocycles. The molecule has 14 heteroatoms. The number of rotatable bonds is 6. The summed E-state index contributed by atoms with van der Waals surface area (Å²) in [5, 5.41) is 12.2. The number of urea groups is 1. The molecule has 0 aliphatic carbocycles. The van der Waals surface area contributed by atoms with E-state index in [1.807, 2.05) is 16.6 Å². The number of carbonyl (C=O) groups is 3. The molecule has 0 unspecified atom stereocenters. The van der Waals surface area contributed by atoms with Gasteiger partial charge in [0.25, 0.3) is 5.91 Å². The number of amides is 3. The number of likely N-dealkylation sites (tertiary alicyclic amines) is 1. The van der Waals surface area contributed by atoms with Crippen LogP contribution < -0.4 is 5.32 Å². The average Bonchev–Trinajstić information content (AvgIpc) is 3.69. The number of alkyl halides is 3. The first-order valence-electron chi connectivity index (χ1n) is 14.3. The number of imidazole rings is 1. The predicted octanol–water partition coefficient (Wildman–Crippen LogP) is 5.54. The van der Waals surface area contributed by atoms with E-state index in [-0.39, 0.29) is 30.6 Å². The number of aromatic nitrogens is 4. The molecular weight excluding hydrogens is 579 g/mol. The quantitative estimate of drug-likeness (QED) is 0.294. The molecule has 4 aromatic rings. The first kappa shape index (κ1) is 30.8. The number of nitrogens with zero attached hydrogens (tertiary/aromatic N) is 6. The fraction of sp³-hybridized carbons (Fsp3) is 0.433. The van der Waals surface area contributed by atoms with Crippen LogP contribution in [0, 0.1) is 5.92 Å². The summed E-state index contributed by atoms with van der Waals surface area (Å²) < 4.78 is 41.3. The van der Waals surface area contributed by atoms with Crippen LogP contribution in [0.25, 0.3) is 16.8 Å². The highest BCUT2D eigenvalue weighted by Gasteiger charge is 2.41. The minimum absolute atomic E-state index is 0.0446. The molecule has 1 aromatic carbocycles. The van der Waals surface area contributed by atoms with Gasteiger partial charge in [-0.2, -0.15) is 13.2 Å². The number of halogens is 3. The van der Waals surface area contributed by atoms with Gasteiger partial charge in [0.2, 0.25) is 0 Å². The van der Waals surface area contributed by atoms with Gasteiger partial charge in [0.05, 0.1) is 11.7 Å². The van der Waals surface area contributed by atoms with Crippen molar-refractivity contribution in [1.29, 1.82) is 0 Å². The van der Waals surface area contributed by atoms with Gasteiger partial charge >= 0.3 is 18.3 Å². The lowest BCUT2D eigenvalue weighted by molar-refractivity contribution is -0.123. The second kappa shape index (κ2) is 11.5. The Hall–Kier alpha value is -4.62. The third-order valence-electron chi connectivity index (χ3n) is 8.04. The van der Waals surface area contributed by atoms with Gasteiger partial charge in [-0.1, -0.05) is 43.7 Å². The van der Waals surface area contributed by atoms with Gasteiger partial charge in [-0.15, -0.1) is 0 Å². The lowest BCUT2D eigenvalue weighted by Crippen LogP contribution is -2.50. The van der Waals surface area contributed by atoms with Crippen LogP contribution in [0.1, 0.15) is 62.1 Å². The summed E-state index contributed by atoms with van der Waals surface area (Å²) in [5.41, 5.74) is 1.64. The molecule has 1 aliphatic rings. The van der Waals surface area contributed by atoms with Crippen LogP contribution in [0.4, 0.5) is 22.8 Å². The third-order valence-corrected chi connectivity index (χ3v) is 8.04. The third kappa shape index (κ3) is 5.80. The molecule has 44 heavy (non-hydrogen) atoms. The number of nitrogens with one attached hydrogen (secondary N) is 1. The number of hydrogen-bond donors (Lipinski definition) is 2. The van der Waals surface area contributed by atoms with Crippen molar-refractivity contribution in [2.75, 3.05) is 19.6 Å². The molecule has 3 atom stereocenters. The molecule has 4 heterocycles. The molecule has 1 aliphatic heterocycles. The minimum atomic E-state index is -4.52. The van der Waals surface area contributed by atoms with Crippen LogP contribution in [0.2, 0.25) is 0 Å². The second-order valence-corrected chi connectivity index (χ2v) is 12.0. The van der Waals surface area contributed by atoms with Gasteiger partial charge in [-0.3, -0.25) is 18.7 Å². The van der Waals surface area contributed by atoms with Crippen molar-refractivity contribution in [3.63, 3.8) is 0 Å². The Morgan fingerprint density at radius 1 is 1.07 bits per heavy atom. The van der Waals surface area contributed by atoms with E-state index >= 15 is 0 Å². The highest BCUT2D eigenvalue weighted by atomic mass is 19.4. The molecule has 3 amide bonds. The molecular formula is C30H34F3N7O4. The standard InChI is InChI=1S/C30H34F3N7O4/c1-5-18-15-37(27(42)36-17-30(31,32)33)16-20(18)22-13-34-23-14-35-25-21(39(22)23)11-12-38(25)26(41)24(19-9-7-6-8-10-19)40(28(43)44)29(2,3)4/h6-14,18,20,24H,5,15-17H2,1-4H3,(H,36,42)(H,43,44)/t18-,20+,24+/m1/s1. The maximum absolute atomic E-state index is 14.2. The molecule has 0 saturated carbocycles. The van der Waals surface area contributed by atoms with Crippen molar-refractivity contribution in [3.05, 3.63) is 66.2 Å². The second-order valence-electron chi connectivity index (χ2n) is 12.0. The first-order valence-corrected chi connectivity index (χ1v) is 14.3. The molecule has 234 valence electrons. The van der Waals surface area contributed by atoms with Gasteiger partial charge in [0.15, 0.2) is 11.3 Å². The molecule has 2 N–H and O–H groups in total. The molecule has 0 spiro atoms. The Morgan fingerprint density at radius 3 is 2.39 bits per heavy atom. The molecule has 0 bridgehead atoms. The zero-order valence-electron chi connectivity index (χ0n) is 24.7. The van der Waals surface area contributed by atoms with E-state index in [0.717, 1.165) is 10.6 Å². The van der Waals surface area contributed by atoms with E-state index in [0.29, 0.717) is 23.1 Å². The molecule has 11 nitrogen and oxygen atoms in total. The van der Waals surface area contributed by atoms with Crippen molar-refractivity contribution in [1.82, 2.24) is 34.1 Å². The molecule has 1 fully saturated rings. The van der Waals surface area contributed by atoms with Crippen molar-refractivity contribution < 1.29 is 32.7 Å². The van der Waals surface area contributed by atoms with Crippen LogP contribution in [0.3, 0.4) is 0 Å². The van der Waals surface area contributed by atoms with E-state index in [9.17, 15) is 32.7 Å². The summed E-state index contributed by atoms with van der Waals surface area (Å²) in [7, 11) is 0. The van der Waals surface area contributed by atoms with Crippen LogP contribution >= 0.6 is 0 Å². The van der Waals surface area contributed by atoms with Crippen LogP contribution in [0.5, 0.6) is 0 Å². The Kier molecular flexibility index (Phi) is 8.03. The maximum atomic E-state index is 14.2. The van der Waals surface area contributed by atoms with Gasteiger partial charge in [0.1, 0.15) is 12.6 Å². The van der Waals surface area contributed by atoms with E-state index in [2.05, 4.69) is 9.97 Å². The smallest absolute Gasteiger partial charge is 0.408 e. The molecule has 3 aromatic heterocycles. The normalized spacial score (nSPS) is 18.1. The van der Waals surface area contributed by atoms with Gasteiger partial charge in [-0.25, -0.2) is 19.6 Å². The van der Waals surface area contributed by atoms with Crippen molar-refractivity contribution in [3.8, 4) is 0 Å². The highest BCUT2D eigenvalue weighted by molar-refractivity contribution is 5.95. The zero-order chi connectivity index (χ0) is 32.0. The Balaban J connectivity index is 1.55. The van der Waals surface area contributed by atoms with Crippen LogP contribution in [-0.4, -0.2) is 83.2 Å².